The zero-order valence-electron chi connectivity index (χ0n) is 5.32. The first-order valence-electron chi connectivity index (χ1n) is 2.95. The molecule has 3 heteroatoms. The van der Waals surface area contributed by atoms with E-state index in [0.717, 1.165) is 0 Å². The number of aliphatic hydroxyl groups excluding tert-OH is 1. The van der Waals surface area contributed by atoms with Gasteiger partial charge in [0.25, 0.3) is 0 Å². The molecule has 1 aromatic carbocycles. The number of benzene rings is 1. The molecule has 0 aliphatic carbocycles. The van der Waals surface area contributed by atoms with Crippen LogP contribution in [0.3, 0.4) is 0 Å². The SMILES string of the molecule is [O-]NC(O)c1ccccc1. The van der Waals surface area contributed by atoms with Gasteiger partial charge in [0.15, 0.2) is 0 Å². The molecule has 10 heavy (non-hydrogen) atoms. The molecular formula is C7H8NO2-. The Bertz CT molecular complexity index is 188. The molecule has 0 fully saturated rings. The molecule has 0 aliphatic rings. The third-order valence-electron chi connectivity index (χ3n) is 1.23. The van der Waals surface area contributed by atoms with Crippen LogP contribution in [0.1, 0.15) is 11.8 Å². The Labute approximate surface area is 58.9 Å². The maximum Gasteiger partial charge on any atom is 0.119 e. The summed E-state index contributed by atoms with van der Waals surface area (Å²) >= 11 is 0. The van der Waals surface area contributed by atoms with Crippen LogP contribution < -0.4 is 5.48 Å². The highest BCUT2D eigenvalue weighted by Crippen LogP contribution is 2.06. The van der Waals surface area contributed by atoms with Crippen LogP contribution in [0.25, 0.3) is 0 Å². The minimum Gasteiger partial charge on any atom is -0.786 e. The zero-order chi connectivity index (χ0) is 7.40. The van der Waals surface area contributed by atoms with Gasteiger partial charge in [-0.2, -0.15) is 0 Å². The van der Waals surface area contributed by atoms with Gasteiger partial charge in [0, 0.05) is 0 Å². The molecule has 1 atom stereocenters. The van der Waals surface area contributed by atoms with Gasteiger partial charge in [-0.25, -0.2) is 0 Å². The maximum absolute atomic E-state index is 9.93. The average molecular weight is 138 g/mol. The molecular weight excluding hydrogens is 130 g/mol. The summed E-state index contributed by atoms with van der Waals surface area (Å²) in [6.07, 6.45) is -1.10. The fraction of sp³-hybridized carbons (Fsp3) is 0.143. The summed E-state index contributed by atoms with van der Waals surface area (Å²) < 4.78 is 0. The molecule has 0 saturated heterocycles. The standard InChI is InChI=1S/C7H8NO2/c9-7(8-10)6-4-2-1-3-5-6/h1-5,7-9H/q-1. The van der Waals surface area contributed by atoms with Gasteiger partial charge in [0.1, 0.15) is 6.23 Å². The predicted molar refractivity (Wildman–Crippen MR) is 37.9 cm³/mol. The van der Waals surface area contributed by atoms with E-state index < -0.39 is 6.23 Å². The van der Waals surface area contributed by atoms with Crippen LogP contribution in [0.15, 0.2) is 30.3 Å². The molecule has 3 nitrogen and oxygen atoms in total. The Hall–Kier alpha value is -0.900. The fourth-order valence-corrected chi connectivity index (χ4v) is 0.703. The lowest BCUT2D eigenvalue weighted by Crippen LogP contribution is -2.12. The van der Waals surface area contributed by atoms with Crippen molar-refractivity contribution >= 4 is 0 Å². The predicted octanol–water partition coefficient (Wildman–Crippen LogP) is 0.765. The lowest BCUT2D eigenvalue weighted by Gasteiger charge is -2.15. The smallest absolute Gasteiger partial charge is 0.119 e. The van der Waals surface area contributed by atoms with E-state index in [-0.39, 0.29) is 0 Å². The molecule has 0 radical (unpaired) electrons. The number of nitrogens with one attached hydrogen (secondary N) is 1. The van der Waals surface area contributed by atoms with E-state index in [1.165, 1.54) is 5.48 Å². The second-order valence-electron chi connectivity index (χ2n) is 1.93. The highest BCUT2D eigenvalue weighted by atomic mass is 16.5. The van der Waals surface area contributed by atoms with Crippen molar-refractivity contribution in [2.75, 3.05) is 0 Å². The largest absolute Gasteiger partial charge is 0.786 e. The van der Waals surface area contributed by atoms with Gasteiger partial charge < -0.3 is 15.8 Å². The van der Waals surface area contributed by atoms with Crippen molar-refractivity contribution in [1.82, 2.24) is 5.48 Å². The summed E-state index contributed by atoms with van der Waals surface area (Å²) in [7, 11) is 0. The van der Waals surface area contributed by atoms with E-state index in [1.807, 2.05) is 6.07 Å². The summed E-state index contributed by atoms with van der Waals surface area (Å²) in [5, 5.41) is 18.8. The summed E-state index contributed by atoms with van der Waals surface area (Å²) in [5.41, 5.74) is 2.07. The molecule has 2 N–H and O–H groups in total. The van der Waals surface area contributed by atoms with Crippen LogP contribution in [-0.2, 0) is 0 Å². The van der Waals surface area contributed by atoms with Crippen molar-refractivity contribution in [3.8, 4) is 0 Å². The van der Waals surface area contributed by atoms with Crippen LogP contribution in [-0.4, -0.2) is 5.11 Å². The Balaban J connectivity index is 2.75. The summed E-state index contributed by atoms with van der Waals surface area (Å²) in [5.74, 6) is 0. The Morgan fingerprint density at radius 3 is 2.40 bits per heavy atom. The minimum absolute atomic E-state index is 0.581. The molecule has 0 heterocycles. The number of hydroxylamine groups is 1. The first kappa shape index (κ1) is 7.21. The molecule has 0 aliphatic heterocycles. The molecule has 0 amide bonds. The molecule has 54 valence electrons. The number of rotatable bonds is 2. The van der Waals surface area contributed by atoms with Crippen molar-refractivity contribution in [2.24, 2.45) is 0 Å². The highest BCUT2D eigenvalue weighted by Gasteiger charge is 1.97. The fourth-order valence-electron chi connectivity index (χ4n) is 0.703. The van der Waals surface area contributed by atoms with E-state index >= 15 is 0 Å². The molecule has 1 unspecified atom stereocenters. The van der Waals surface area contributed by atoms with Crippen LogP contribution in [0, 0.1) is 5.21 Å². The van der Waals surface area contributed by atoms with Gasteiger partial charge >= 0.3 is 0 Å². The third-order valence-corrected chi connectivity index (χ3v) is 1.23. The Morgan fingerprint density at radius 2 is 1.90 bits per heavy atom. The summed E-state index contributed by atoms with van der Waals surface area (Å²) in [4.78, 5) is 0. The Morgan fingerprint density at radius 1 is 1.30 bits per heavy atom. The van der Waals surface area contributed by atoms with Gasteiger partial charge in [0.05, 0.1) is 0 Å². The van der Waals surface area contributed by atoms with Crippen molar-refractivity contribution < 1.29 is 5.11 Å². The average Bonchev–Trinajstić information content (AvgIpc) is 2.05. The van der Waals surface area contributed by atoms with E-state index in [2.05, 4.69) is 0 Å². The molecule has 0 spiro atoms. The minimum atomic E-state index is -1.10. The first-order chi connectivity index (χ1) is 4.84. The lowest BCUT2D eigenvalue weighted by atomic mass is 10.2. The first-order valence-corrected chi connectivity index (χ1v) is 2.95. The van der Waals surface area contributed by atoms with Crippen molar-refractivity contribution in [1.29, 1.82) is 0 Å². The quantitative estimate of drug-likeness (QED) is 0.468. The summed E-state index contributed by atoms with van der Waals surface area (Å²) in [6.45, 7) is 0. The van der Waals surface area contributed by atoms with Crippen molar-refractivity contribution in [3.63, 3.8) is 0 Å². The number of hydrogen-bond acceptors (Lipinski definition) is 3. The van der Waals surface area contributed by atoms with Crippen molar-refractivity contribution in [3.05, 3.63) is 41.1 Å². The summed E-state index contributed by atoms with van der Waals surface area (Å²) in [6, 6.07) is 8.69. The number of aliphatic hydroxyl groups is 1. The normalized spacial score (nSPS) is 13.0. The third kappa shape index (κ3) is 1.54. The molecule has 0 saturated carbocycles. The van der Waals surface area contributed by atoms with Crippen LogP contribution >= 0.6 is 0 Å². The van der Waals surface area contributed by atoms with E-state index in [0.29, 0.717) is 5.56 Å². The zero-order valence-corrected chi connectivity index (χ0v) is 5.32. The van der Waals surface area contributed by atoms with E-state index in [4.69, 9.17) is 5.11 Å². The van der Waals surface area contributed by atoms with Crippen LogP contribution in [0.2, 0.25) is 0 Å². The van der Waals surface area contributed by atoms with Crippen molar-refractivity contribution in [2.45, 2.75) is 6.23 Å². The maximum atomic E-state index is 9.93. The highest BCUT2D eigenvalue weighted by molar-refractivity contribution is 5.16. The van der Waals surface area contributed by atoms with Gasteiger partial charge in [-0.05, 0) is 5.56 Å². The van der Waals surface area contributed by atoms with Crippen LogP contribution in [0.4, 0.5) is 0 Å². The van der Waals surface area contributed by atoms with Gasteiger partial charge in [0.2, 0.25) is 0 Å². The molecule has 1 aromatic rings. The molecule has 0 aromatic heterocycles. The molecule has 1 rings (SSSR count). The van der Waals surface area contributed by atoms with Crippen LogP contribution in [0.5, 0.6) is 0 Å². The lowest BCUT2D eigenvalue weighted by molar-refractivity contribution is 0.156. The number of hydrogen-bond donors (Lipinski definition) is 2. The van der Waals surface area contributed by atoms with Gasteiger partial charge in [-0.3, -0.25) is 0 Å². The monoisotopic (exact) mass is 138 g/mol. The molecule has 0 bridgehead atoms. The van der Waals surface area contributed by atoms with E-state index in [9.17, 15) is 5.21 Å². The van der Waals surface area contributed by atoms with Gasteiger partial charge in [-0.15, -0.1) is 0 Å². The second kappa shape index (κ2) is 3.31. The van der Waals surface area contributed by atoms with E-state index in [1.54, 1.807) is 24.3 Å². The Kier molecular flexibility index (Phi) is 2.39. The second-order valence-corrected chi connectivity index (χ2v) is 1.93. The van der Waals surface area contributed by atoms with Gasteiger partial charge in [-0.1, -0.05) is 30.3 Å². The topological polar surface area (TPSA) is 55.3 Å².